The molecule has 0 unspecified atom stereocenters. The summed E-state index contributed by atoms with van der Waals surface area (Å²) in [6.07, 6.45) is 1.44. The fraction of sp³-hybridized carbons (Fsp3) is 0.0870. The van der Waals surface area contributed by atoms with E-state index < -0.39 is 0 Å². The lowest BCUT2D eigenvalue weighted by Crippen LogP contribution is -2.22. The van der Waals surface area contributed by atoms with Crippen molar-refractivity contribution in [2.45, 2.75) is 0 Å². The van der Waals surface area contributed by atoms with Gasteiger partial charge < -0.3 is 14.8 Å². The number of amides is 1. The zero-order valence-electron chi connectivity index (χ0n) is 16.5. The average Bonchev–Trinajstić information content (AvgIpc) is 2.79. The minimum absolute atomic E-state index is 0.244. The van der Waals surface area contributed by atoms with Crippen LogP contribution in [0.1, 0.15) is 10.4 Å². The molecule has 1 amide bonds. The van der Waals surface area contributed by atoms with Crippen LogP contribution in [-0.4, -0.2) is 29.7 Å². The molecule has 4 aromatic rings. The third-order valence-electron chi connectivity index (χ3n) is 4.72. The molecule has 0 radical (unpaired) electrons. The first-order valence-corrected chi connectivity index (χ1v) is 9.21. The smallest absolute Gasteiger partial charge is 0.265 e. The average molecular weight is 401 g/mol. The highest BCUT2D eigenvalue weighted by Gasteiger charge is 2.16. The first-order chi connectivity index (χ1) is 14.6. The topological polar surface area (TPSA) is 82.5 Å². The summed E-state index contributed by atoms with van der Waals surface area (Å²) in [4.78, 5) is 30.3. The highest BCUT2D eigenvalue weighted by atomic mass is 16.5. The molecule has 0 aliphatic rings. The largest absolute Gasteiger partial charge is 0.493 e. The molecule has 0 saturated carbocycles. The first kappa shape index (κ1) is 19.2. The Morgan fingerprint density at radius 3 is 2.47 bits per heavy atom. The third kappa shape index (κ3) is 3.48. The van der Waals surface area contributed by atoms with Gasteiger partial charge in [0.2, 0.25) is 0 Å². The fourth-order valence-electron chi connectivity index (χ4n) is 3.23. The molecule has 3 aromatic carbocycles. The number of rotatable bonds is 5. The van der Waals surface area contributed by atoms with Crippen molar-refractivity contribution in [2.24, 2.45) is 0 Å². The van der Waals surface area contributed by atoms with Gasteiger partial charge >= 0.3 is 0 Å². The van der Waals surface area contributed by atoms with Gasteiger partial charge in [-0.05, 0) is 36.4 Å². The lowest BCUT2D eigenvalue weighted by molar-refractivity contribution is 0.102. The number of carbonyl (C=O) groups is 1. The van der Waals surface area contributed by atoms with E-state index in [9.17, 15) is 9.59 Å². The summed E-state index contributed by atoms with van der Waals surface area (Å²) >= 11 is 0. The van der Waals surface area contributed by atoms with E-state index >= 15 is 0 Å². The van der Waals surface area contributed by atoms with Gasteiger partial charge in [0, 0.05) is 11.8 Å². The molecule has 0 fully saturated rings. The Morgan fingerprint density at radius 2 is 1.67 bits per heavy atom. The predicted molar refractivity (Wildman–Crippen MR) is 115 cm³/mol. The Balaban J connectivity index is 1.73. The van der Waals surface area contributed by atoms with Crippen molar-refractivity contribution < 1.29 is 14.3 Å². The molecule has 0 saturated heterocycles. The van der Waals surface area contributed by atoms with Crippen LogP contribution in [0.5, 0.6) is 11.5 Å². The Kier molecular flexibility index (Phi) is 5.17. The number of para-hydroxylation sites is 2. The van der Waals surface area contributed by atoms with Crippen LogP contribution in [0.4, 0.5) is 5.69 Å². The summed E-state index contributed by atoms with van der Waals surface area (Å²) in [7, 11) is 3.07. The van der Waals surface area contributed by atoms with Gasteiger partial charge in [-0.25, -0.2) is 4.98 Å². The number of anilines is 1. The summed E-state index contributed by atoms with van der Waals surface area (Å²) in [5, 5.41) is 3.32. The SMILES string of the molecule is COc1ccc(NC(=O)c2ccccc2-n2cnc3ccccc3c2=O)cc1OC. The zero-order chi connectivity index (χ0) is 21.1. The number of nitrogens with one attached hydrogen (secondary N) is 1. The van der Waals surface area contributed by atoms with Crippen molar-refractivity contribution >= 4 is 22.5 Å². The maximum Gasteiger partial charge on any atom is 0.265 e. The molecule has 1 N–H and O–H groups in total. The van der Waals surface area contributed by atoms with Crippen molar-refractivity contribution in [1.29, 1.82) is 0 Å². The Labute approximate surface area is 172 Å². The van der Waals surface area contributed by atoms with Crippen molar-refractivity contribution in [1.82, 2.24) is 9.55 Å². The third-order valence-corrected chi connectivity index (χ3v) is 4.72. The van der Waals surface area contributed by atoms with Crippen LogP contribution in [-0.2, 0) is 0 Å². The molecule has 0 aliphatic carbocycles. The summed E-state index contributed by atoms with van der Waals surface area (Å²) < 4.78 is 11.9. The van der Waals surface area contributed by atoms with Gasteiger partial charge in [0.25, 0.3) is 11.5 Å². The second-order valence-corrected chi connectivity index (χ2v) is 6.48. The summed E-state index contributed by atoms with van der Waals surface area (Å²) in [6, 6.07) is 19.1. The van der Waals surface area contributed by atoms with Crippen molar-refractivity contribution in [3.8, 4) is 17.2 Å². The van der Waals surface area contributed by atoms with E-state index in [0.717, 1.165) is 0 Å². The van der Waals surface area contributed by atoms with E-state index in [4.69, 9.17) is 9.47 Å². The number of hydrogen-bond acceptors (Lipinski definition) is 5. The minimum atomic E-state index is -0.363. The van der Waals surface area contributed by atoms with Crippen LogP contribution in [0.2, 0.25) is 0 Å². The Bertz CT molecular complexity index is 1300. The zero-order valence-corrected chi connectivity index (χ0v) is 16.5. The van der Waals surface area contributed by atoms with Crippen LogP contribution in [0.15, 0.2) is 77.9 Å². The van der Waals surface area contributed by atoms with Gasteiger partial charge in [0.1, 0.15) is 6.33 Å². The molecule has 0 bridgehead atoms. The van der Waals surface area contributed by atoms with E-state index in [1.165, 1.54) is 18.0 Å². The van der Waals surface area contributed by atoms with E-state index in [1.807, 2.05) is 6.07 Å². The number of benzene rings is 3. The number of carbonyl (C=O) groups excluding carboxylic acids is 1. The molecule has 1 aromatic heterocycles. The van der Waals surface area contributed by atoms with Crippen molar-refractivity contribution in [2.75, 3.05) is 19.5 Å². The minimum Gasteiger partial charge on any atom is -0.493 e. The van der Waals surface area contributed by atoms with Crippen LogP contribution < -0.4 is 20.3 Å². The second-order valence-electron chi connectivity index (χ2n) is 6.48. The van der Waals surface area contributed by atoms with E-state index in [1.54, 1.807) is 67.8 Å². The van der Waals surface area contributed by atoms with Gasteiger partial charge in [-0.15, -0.1) is 0 Å². The molecular weight excluding hydrogens is 382 g/mol. The molecule has 1 heterocycles. The first-order valence-electron chi connectivity index (χ1n) is 9.21. The molecule has 7 nitrogen and oxygen atoms in total. The highest BCUT2D eigenvalue weighted by Crippen LogP contribution is 2.30. The van der Waals surface area contributed by atoms with Crippen LogP contribution in [0.25, 0.3) is 16.6 Å². The van der Waals surface area contributed by atoms with E-state index in [-0.39, 0.29) is 11.5 Å². The number of methoxy groups -OCH3 is 2. The van der Waals surface area contributed by atoms with Crippen LogP contribution in [0.3, 0.4) is 0 Å². The van der Waals surface area contributed by atoms with Crippen molar-refractivity contribution in [3.63, 3.8) is 0 Å². The fourth-order valence-corrected chi connectivity index (χ4v) is 3.23. The molecule has 150 valence electrons. The summed E-state index contributed by atoms with van der Waals surface area (Å²) in [5.74, 6) is 0.695. The van der Waals surface area contributed by atoms with Gasteiger partial charge in [0.05, 0.1) is 36.4 Å². The molecule has 4 rings (SSSR count). The number of hydrogen-bond donors (Lipinski definition) is 1. The molecular formula is C23H19N3O4. The quantitative estimate of drug-likeness (QED) is 0.552. The number of ether oxygens (including phenoxy) is 2. The molecule has 7 heteroatoms. The van der Waals surface area contributed by atoms with Gasteiger partial charge in [0.15, 0.2) is 11.5 Å². The maximum absolute atomic E-state index is 13.0. The van der Waals surface area contributed by atoms with Gasteiger partial charge in [-0.1, -0.05) is 24.3 Å². The molecule has 0 atom stereocenters. The summed E-state index contributed by atoms with van der Waals surface area (Å²) in [6.45, 7) is 0. The van der Waals surface area contributed by atoms with Gasteiger partial charge in [-0.2, -0.15) is 0 Å². The van der Waals surface area contributed by atoms with E-state index in [0.29, 0.717) is 39.3 Å². The second kappa shape index (κ2) is 8.08. The predicted octanol–water partition coefficient (Wildman–Crippen LogP) is 3.66. The summed E-state index contributed by atoms with van der Waals surface area (Å²) in [5.41, 5.74) is 1.68. The van der Waals surface area contributed by atoms with Crippen LogP contribution >= 0.6 is 0 Å². The maximum atomic E-state index is 13.0. The Morgan fingerprint density at radius 1 is 0.933 bits per heavy atom. The van der Waals surface area contributed by atoms with Crippen LogP contribution in [0, 0.1) is 0 Å². The lowest BCUT2D eigenvalue weighted by atomic mass is 10.1. The molecule has 0 spiro atoms. The van der Waals surface area contributed by atoms with Gasteiger partial charge in [-0.3, -0.25) is 14.2 Å². The van der Waals surface area contributed by atoms with Crippen molar-refractivity contribution in [3.05, 3.63) is 89.0 Å². The number of nitrogens with zero attached hydrogens (tertiary/aromatic N) is 2. The normalized spacial score (nSPS) is 10.6. The standard InChI is InChI=1S/C23H19N3O4/c1-29-20-12-11-15(13-21(20)30-2)25-22(27)17-8-4-6-10-19(17)26-14-24-18-9-5-3-7-16(18)23(26)28/h3-14H,1-2H3,(H,25,27). The molecule has 30 heavy (non-hydrogen) atoms. The monoisotopic (exact) mass is 401 g/mol. The van der Waals surface area contributed by atoms with E-state index in [2.05, 4.69) is 10.3 Å². The number of aromatic nitrogens is 2. The lowest BCUT2D eigenvalue weighted by Gasteiger charge is -2.13. The number of fused-ring (bicyclic) bond motifs is 1. The highest BCUT2D eigenvalue weighted by molar-refractivity contribution is 6.07. The molecule has 0 aliphatic heterocycles. The Hall–Kier alpha value is -4.13.